The number of halogens is 1. The fourth-order valence-corrected chi connectivity index (χ4v) is 4.80. The van der Waals surface area contributed by atoms with Gasteiger partial charge in [-0.15, -0.1) is 0 Å². The molecule has 140 valence electrons. The summed E-state index contributed by atoms with van der Waals surface area (Å²) >= 11 is 3.31. The van der Waals surface area contributed by atoms with Crippen LogP contribution in [0, 0.1) is 0 Å². The second kappa shape index (κ2) is 8.02. The Labute approximate surface area is 167 Å². The summed E-state index contributed by atoms with van der Waals surface area (Å²) in [6.07, 6.45) is 0. The summed E-state index contributed by atoms with van der Waals surface area (Å²) in [7, 11) is -0.913. The van der Waals surface area contributed by atoms with Crippen molar-refractivity contribution < 1.29 is 17.9 Å². The molecule has 0 aliphatic heterocycles. The van der Waals surface area contributed by atoms with Crippen molar-refractivity contribution in [1.82, 2.24) is 0 Å². The lowest BCUT2D eigenvalue weighted by atomic mass is 10.0. The van der Waals surface area contributed by atoms with Gasteiger partial charge in [-0.1, -0.05) is 48.5 Å². The van der Waals surface area contributed by atoms with Crippen molar-refractivity contribution in [2.45, 2.75) is 4.90 Å². The van der Waals surface area contributed by atoms with Gasteiger partial charge >= 0.3 is 0 Å². The van der Waals surface area contributed by atoms with Crippen LogP contribution in [-0.4, -0.2) is 22.6 Å². The number of benzene rings is 3. The number of ether oxygens (including phenoxy) is 2. The monoisotopic (exact) mass is 447 g/mol. The largest absolute Gasteiger partial charge is 0.493 e. The van der Waals surface area contributed by atoms with Gasteiger partial charge in [0, 0.05) is 16.1 Å². The van der Waals surface area contributed by atoms with Crippen molar-refractivity contribution in [2.24, 2.45) is 0 Å². The van der Waals surface area contributed by atoms with Gasteiger partial charge in [-0.3, -0.25) is 4.72 Å². The van der Waals surface area contributed by atoms with Crippen LogP contribution in [-0.2, 0) is 10.0 Å². The van der Waals surface area contributed by atoms with E-state index in [4.69, 9.17) is 9.47 Å². The lowest BCUT2D eigenvalue weighted by molar-refractivity contribution is 0.353. The number of sulfonamides is 1. The molecule has 0 aromatic heterocycles. The van der Waals surface area contributed by atoms with E-state index in [2.05, 4.69) is 20.7 Å². The Balaban J connectivity index is 2.04. The summed E-state index contributed by atoms with van der Waals surface area (Å²) in [5, 5.41) is 0. The molecule has 0 saturated heterocycles. The summed E-state index contributed by atoms with van der Waals surface area (Å²) in [5.74, 6) is 0.769. The molecule has 0 heterocycles. The van der Waals surface area contributed by atoms with Gasteiger partial charge in [0.2, 0.25) is 0 Å². The molecule has 5 nitrogen and oxygen atoms in total. The Bertz CT molecular complexity index is 1050. The third-order valence-corrected chi connectivity index (χ3v) is 6.31. The first-order valence-corrected chi connectivity index (χ1v) is 10.3. The van der Waals surface area contributed by atoms with Crippen molar-refractivity contribution in [3.05, 3.63) is 71.2 Å². The predicted octanol–water partition coefficient (Wildman–Crippen LogP) is 4.93. The van der Waals surface area contributed by atoms with E-state index in [-0.39, 0.29) is 4.90 Å². The number of anilines is 1. The third-order valence-electron chi connectivity index (χ3n) is 3.98. The molecule has 0 aliphatic carbocycles. The third kappa shape index (κ3) is 4.09. The molecule has 0 fully saturated rings. The van der Waals surface area contributed by atoms with Gasteiger partial charge < -0.3 is 9.47 Å². The standard InChI is InChI=1S/C20H18BrNO4S/c1-25-18-12-16(21)20(13-19(18)26-2)27(23,24)22-17-11-7-6-10-15(17)14-8-4-3-5-9-14/h3-13,22H,1-2H3. The highest BCUT2D eigenvalue weighted by atomic mass is 79.9. The van der Waals surface area contributed by atoms with Crippen molar-refractivity contribution in [3.63, 3.8) is 0 Å². The number of nitrogens with one attached hydrogen (secondary N) is 1. The number of rotatable bonds is 6. The van der Waals surface area contributed by atoms with E-state index in [1.807, 2.05) is 42.5 Å². The minimum Gasteiger partial charge on any atom is -0.493 e. The van der Waals surface area contributed by atoms with Crippen molar-refractivity contribution in [1.29, 1.82) is 0 Å². The molecular weight excluding hydrogens is 430 g/mol. The van der Waals surface area contributed by atoms with Gasteiger partial charge in [-0.05, 0) is 33.6 Å². The molecule has 27 heavy (non-hydrogen) atoms. The molecule has 0 atom stereocenters. The molecule has 0 saturated carbocycles. The second-order valence-corrected chi connectivity index (χ2v) is 8.16. The maximum Gasteiger partial charge on any atom is 0.263 e. The van der Waals surface area contributed by atoms with E-state index in [0.717, 1.165) is 11.1 Å². The van der Waals surface area contributed by atoms with Crippen LogP contribution in [0.4, 0.5) is 5.69 Å². The molecular formula is C20H18BrNO4S. The quantitative estimate of drug-likeness (QED) is 0.581. The Kier molecular flexibility index (Phi) is 5.72. The van der Waals surface area contributed by atoms with E-state index >= 15 is 0 Å². The average Bonchev–Trinajstić information content (AvgIpc) is 2.68. The lowest BCUT2D eigenvalue weighted by Crippen LogP contribution is -2.14. The van der Waals surface area contributed by atoms with Gasteiger partial charge in [0.05, 0.1) is 19.9 Å². The molecule has 0 radical (unpaired) electrons. The topological polar surface area (TPSA) is 64.6 Å². The van der Waals surface area contributed by atoms with Gasteiger partial charge in [0.25, 0.3) is 10.0 Å². The van der Waals surface area contributed by atoms with Gasteiger partial charge in [-0.2, -0.15) is 0 Å². The molecule has 3 aromatic rings. The first-order chi connectivity index (χ1) is 13.0. The molecule has 3 aromatic carbocycles. The molecule has 0 amide bonds. The molecule has 0 spiro atoms. The van der Waals surface area contributed by atoms with E-state index in [1.165, 1.54) is 20.3 Å². The van der Waals surface area contributed by atoms with E-state index in [0.29, 0.717) is 21.7 Å². The Hall–Kier alpha value is -2.51. The highest BCUT2D eigenvalue weighted by molar-refractivity contribution is 9.10. The zero-order valence-corrected chi connectivity index (χ0v) is 17.2. The minimum absolute atomic E-state index is 0.0583. The van der Waals surface area contributed by atoms with Gasteiger partial charge in [0.15, 0.2) is 11.5 Å². The summed E-state index contributed by atoms with van der Waals surface area (Å²) in [4.78, 5) is 0.0583. The molecule has 3 rings (SSSR count). The van der Waals surface area contributed by atoms with Crippen LogP contribution in [0.1, 0.15) is 0 Å². The molecule has 0 bridgehead atoms. The number of para-hydroxylation sites is 1. The number of hydrogen-bond donors (Lipinski definition) is 1. The predicted molar refractivity (Wildman–Crippen MR) is 110 cm³/mol. The SMILES string of the molecule is COc1cc(Br)c(S(=O)(=O)Nc2ccccc2-c2ccccc2)cc1OC. The van der Waals surface area contributed by atoms with Crippen LogP contribution in [0.25, 0.3) is 11.1 Å². The Morgan fingerprint density at radius 3 is 2.11 bits per heavy atom. The fourth-order valence-electron chi connectivity index (χ4n) is 2.68. The molecule has 1 N–H and O–H groups in total. The van der Waals surface area contributed by atoms with Crippen LogP contribution in [0.2, 0.25) is 0 Å². The van der Waals surface area contributed by atoms with E-state index < -0.39 is 10.0 Å². The average molecular weight is 448 g/mol. The Morgan fingerprint density at radius 1 is 0.852 bits per heavy atom. The first kappa shape index (κ1) is 19.3. The molecule has 7 heteroatoms. The molecule has 0 aliphatic rings. The zero-order valence-electron chi connectivity index (χ0n) is 14.8. The summed E-state index contributed by atoms with van der Waals surface area (Å²) < 4.78 is 39.6. The van der Waals surface area contributed by atoms with Gasteiger partial charge in [-0.25, -0.2) is 8.42 Å². The summed E-state index contributed by atoms with van der Waals surface area (Å²) in [6.45, 7) is 0. The maximum atomic E-state index is 13.0. The zero-order chi connectivity index (χ0) is 19.4. The van der Waals surface area contributed by atoms with Crippen molar-refractivity contribution in [2.75, 3.05) is 18.9 Å². The first-order valence-electron chi connectivity index (χ1n) is 8.05. The number of methoxy groups -OCH3 is 2. The Morgan fingerprint density at radius 2 is 1.44 bits per heavy atom. The molecule has 0 unspecified atom stereocenters. The second-order valence-electron chi connectivity index (χ2n) is 5.65. The van der Waals surface area contributed by atoms with Crippen molar-refractivity contribution >= 4 is 31.6 Å². The highest BCUT2D eigenvalue weighted by Gasteiger charge is 2.22. The minimum atomic E-state index is -3.86. The van der Waals surface area contributed by atoms with Crippen LogP contribution >= 0.6 is 15.9 Å². The summed E-state index contributed by atoms with van der Waals surface area (Å²) in [5.41, 5.74) is 2.20. The highest BCUT2D eigenvalue weighted by Crippen LogP contribution is 2.37. The van der Waals surface area contributed by atoms with Gasteiger partial charge in [0.1, 0.15) is 4.90 Å². The number of hydrogen-bond acceptors (Lipinski definition) is 4. The normalized spacial score (nSPS) is 11.1. The lowest BCUT2D eigenvalue weighted by Gasteiger charge is -2.15. The van der Waals surface area contributed by atoms with Crippen LogP contribution in [0.5, 0.6) is 11.5 Å². The van der Waals surface area contributed by atoms with Crippen LogP contribution in [0.15, 0.2) is 76.1 Å². The van der Waals surface area contributed by atoms with E-state index in [9.17, 15) is 8.42 Å². The van der Waals surface area contributed by atoms with E-state index in [1.54, 1.807) is 18.2 Å². The van der Waals surface area contributed by atoms with Crippen LogP contribution in [0.3, 0.4) is 0 Å². The van der Waals surface area contributed by atoms with Crippen molar-refractivity contribution in [3.8, 4) is 22.6 Å². The smallest absolute Gasteiger partial charge is 0.263 e. The maximum absolute atomic E-state index is 13.0. The van der Waals surface area contributed by atoms with Crippen LogP contribution < -0.4 is 14.2 Å². The summed E-state index contributed by atoms with van der Waals surface area (Å²) in [6, 6.07) is 19.8. The fraction of sp³-hybridized carbons (Fsp3) is 0.100.